The number of benzene rings is 2. The van der Waals surface area contributed by atoms with E-state index in [-0.39, 0.29) is 5.91 Å². The maximum atomic E-state index is 12.5. The highest BCUT2D eigenvalue weighted by Crippen LogP contribution is 2.33. The van der Waals surface area contributed by atoms with Gasteiger partial charge in [0.25, 0.3) is 5.22 Å². The fraction of sp³-hybridized carbons (Fsp3) is 0.250. The first-order chi connectivity index (χ1) is 14.0. The third kappa shape index (κ3) is 5.00. The molecule has 0 aliphatic carbocycles. The molecule has 3 aromatic rings. The van der Waals surface area contributed by atoms with Crippen molar-refractivity contribution in [1.29, 1.82) is 0 Å². The number of anilines is 1. The van der Waals surface area contributed by atoms with Gasteiger partial charge in [0.05, 0.1) is 26.6 Å². The average molecular weight is 415 g/mol. The Hall–Kier alpha value is -3.20. The number of nitrogens with zero attached hydrogens (tertiary/aromatic N) is 2. The Morgan fingerprint density at radius 3 is 2.55 bits per heavy atom. The first-order valence-corrected chi connectivity index (χ1v) is 9.59. The first kappa shape index (κ1) is 20.5. The van der Waals surface area contributed by atoms with Crippen LogP contribution >= 0.6 is 11.8 Å². The maximum Gasteiger partial charge on any atom is 0.277 e. The summed E-state index contributed by atoms with van der Waals surface area (Å²) in [7, 11) is 4.70. The van der Waals surface area contributed by atoms with Crippen LogP contribution in [0.25, 0.3) is 11.5 Å². The molecule has 0 saturated heterocycles. The lowest BCUT2D eigenvalue weighted by Crippen LogP contribution is -2.22. The van der Waals surface area contributed by atoms with Crippen molar-refractivity contribution in [3.05, 3.63) is 42.5 Å². The topological polar surface area (TPSA) is 95.7 Å². The molecular weight excluding hydrogens is 394 g/mol. The van der Waals surface area contributed by atoms with Gasteiger partial charge in [-0.1, -0.05) is 17.8 Å². The molecule has 152 valence electrons. The fourth-order valence-electron chi connectivity index (χ4n) is 2.49. The zero-order valence-electron chi connectivity index (χ0n) is 16.5. The van der Waals surface area contributed by atoms with E-state index < -0.39 is 5.25 Å². The number of carbonyl (C=O) groups is 1. The molecule has 0 aliphatic heterocycles. The van der Waals surface area contributed by atoms with E-state index in [9.17, 15) is 4.79 Å². The van der Waals surface area contributed by atoms with Crippen LogP contribution in [0.3, 0.4) is 0 Å². The minimum Gasteiger partial charge on any atom is -0.497 e. The molecule has 0 unspecified atom stereocenters. The van der Waals surface area contributed by atoms with Crippen molar-refractivity contribution in [3.8, 4) is 28.7 Å². The largest absolute Gasteiger partial charge is 0.497 e. The minimum absolute atomic E-state index is 0.186. The smallest absolute Gasteiger partial charge is 0.277 e. The third-order valence-electron chi connectivity index (χ3n) is 4.02. The number of carbonyl (C=O) groups excluding carboxylic acids is 1. The van der Waals surface area contributed by atoms with Gasteiger partial charge in [-0.2, -0.15) is 0 Å². The lowest BCUT2D eigenvalue weighted by Gasteiger charge is -2.10. The van der Waals surface area contributed by atoms with Crippen molar-refractivity contribution in [2.75, 3.05) is 26.6 Å². The van der Waals surface area contributed by atoms with Gasteiger partial charge in [0.15, 0.2) is 11.5 Å². The highest BCUT2D eigenvalue weighted by molar-refractivity contribution is 8.00. The van der Waals surface area contributed by atoms with Gasteiger partial charge >= 0.3 is 0 Å². The van der Waals surface area contributed by atoms with E-state index in [0.29, 0.717) is 39.6 Å². The van der Waals surface area contributed by atoms with Gasteiger partial charge in [-0.3, -0.25) is 4.79 Å². The summed E-state index contributed by atoms with van der Waals surface area (Å²) in [5.74, 6) is 1.97. The van der Waals surface area contributed by atoms with Gasteiger partial charge in [0, 0.05) is 17.3 Å². The van der Waals surface area contributed by atoms with Crippen LogP contribution in [-0.2, 0) is 4.79 Å². The summed E-state index contributed by atoms with van der Waals surface area (Å²) in [5.41, 5.74) is 1.34. The van der Waals surface area contributed by atoms with E-state index >= 15 is 0 Å². The van der Waals surface area contributed by atoms with Crippen LogP contribution in [0, 0.1) is 0 Å². The Labute approximate surface area is 172 Å². The van der Waals surface area contributed by atoms with Gasteiger partial charge < -0.3 is 23.9 Å². The Balaban J connectivity index is 1.66. The maximum absolute atomic E-state index is 12.5. The zero-order valence-corrected chi connectivity index (χ0v) is 17.3. The molecule has 1 atom stereocenters. The van der Waals surface area contributed by atoms with Gasteiger partial charge in [-0.05, 0) is 37.3 Å². The van der Waals surface area contributed by atoms with E-state index in [1.165, 1.54) is 11.8 Å². The van der Waals surface area contributed by atoms with Crippen LogP contribution in [0.2, 0.25) is 0 Å². The molecule has 0 spiro atoms. The number of amides is 1. The summed E-state index contributed by atoms with van der Waals surface area (Å²) >= 11 is 1.17. The molecule has 29 heavy (non-hydrogen) atoms. The number of hydrogen-bond donors (Lipinski definition) is 1. The average Bonchev–Trinajstić information content (AvgIpc) is 3.21. The lowest BCUT2D eigenvalue weighted by molar-refractivity contribution is -0.115. The van der Waals surface area contributed by atoms with Crippen LogP contribution in [0.5, 0.6) is 17.2 Å². The van der Waals surface area contributed by atoms with E-state index in [1.807, 2.05) is 6.07 Å². The van der Waals surface area contributed by atoms with Crippen molar-refractivity contribution >= 4 is 23.4 Å². The van der Waals surface area contributed by atoms with Crippen molar-refractivity contribution in [2.24, 2.45) is 0 Å². The normalized spacial score (nSPS) is 11.6. The monoisotopic (exact) mass is 415 g/mol. The van der Waals surface area contributed by atoms with Crippen molar-refractivity contribution in [2.45, 2.75) is 17.4 Å². The minimum atomic E-state index is -0.445. The lowest BCUT2D eigenvalue weighted by atomic mass is 10.2. The van der Waals surface area contributed by atoms with Gasteiger partial charge in [-0.25, -0.2) is 0 Å². The van der Waals surface area contributed by atoms with Crippen LogP contribution in [-0.4, -0.2) is 42.7 Å². The fourth-order valence-corrected chi connectivity index (χ4v) is 3.18. The molecule has 1 amide bonds. The van der Waals surface area contributed by atoms with Crippen LogP contribution in [0.15, 0.2) is 52.1 Å². The van der Waals surface area contributed by atoms with E-state index in [2.05, 4.69) is 15.5 Å². The molecule has 9 heteroatoms. The molecule has 0 bridgehead atoms. The molecule has 0 saturated carbocycles. The summed E-state index contributed by atoms with van der Waals surface area (Å²) in [6.45, 7) is 1.76. The second-order valence-corrected chi connectivity index (χ2v) is 7.22. The van der Waals surface area contributed by atoms with E-state index in [1.54, 1.807) is 64.7 Å². The number of methoxy groups -OCH3 is 3. The summed E-state index contributed by atoms with van der Waals surface area (Å²) in [6, 6.07) is 12.5. The molecule has 0 fully saturated rings. The van der Waals surface area contributed by atoms with Crippen LogP contribution < -0.4 is 19.5 Å². The molecule has 1 N–H and O–H groups in total. The Morgan fingerprint density at radius 1 is 1.03 bits per heavy atom. The van der Waals surface area contributed by atoms with E-state index in [4.69, 9.17) is 18.6 Å². The number of ether oxygens (including phenoxy) is 3. The van der Waals surface area contributed by atoms with Gasteiger partial charge in [0.2, 0.25) is 11.8 Å². The SMILES string of the molecule is COc1cccc(NC(=O)[C@H](C)Sc2nnc(-c3ccc(OC)c(OC)c3)o2)c1. The number of hydrogen-bond acceptors (Lipinski definition) is 8. The molecule has 1 heterocycles. The summed E-state index contributed by atoms with van der Waals surface area (Å²) in [6.07, 6.45) is 0. The summed E-state index contributed by atoms with van der Waals surface area (Å²) in [4.78, 5) is 12.5. The van der Waals surface area contributed by atoms with Crippen molar-refractivity contribution in [3.63, 3.8) is 0 Å². The predicted octanol–water partition coefficient (Wildman–Crippen LogP) is 3.88. The molecule has 0 aliphatic rings. The second-order valence-electron chi connectivity index (χ2n) is 5.92. The Kier molecular flexibility index (Phi) is 6.61. The third-order valence-corrected chi connectivity index (χ3v) is 4.96. The Morgan fingerprint density at radius 2 is 1.83 bits per heavy atom. The quantitative estimate of drug-likeness (QED) is 0.554. The standard InChI is InChI=1S/C20H21N3O5S/c1-12(18(24)21-14-6-5-7-15(11-14)25-2)29-20-23-22-19(28-20)13-8-9-16(26-3)17(10-13)27-4/h5-12H,1-4H3,(H,21,24)/t12-/m0/s1. The molecular formula is C20H21N3O5S. The predicted molar refractivity (Wildman–Crippen MR) is 110 cm³/mol. The summed E-state index contributed by atoms with van der Waals surface area (Å²) < 4.78 is 21.4. The van der Waals surface area contributed by atoms with Gasteiger partial charge in [0.1, 0.15) is 5.75 Å². The molecule has 3 rings (SSSR count). The van der Waals surface area contributed by atoms with Crippen molar-refractivity contribution < 1.29 is 23.4 Å². The molecule has 1 aromatic heterocycles. The second kappa shape index (κ2) is 9.33. The number of rotatable bonds is 8. The Bertz CT molecular complexity index is 992. The van der Waals surface area contributed by atoms with Gasteiger partial charge in [-0.15, -0.1) is 10.2 Å². The molecule has 0 radical (unpaired) electrons. The molecule has 2 aromatic carbocycles. The number of nitrogens with one attached hydrogen (secondary N) is 1. The van der Waals surface area contributed by atoms with Crippen LogP contribution in [0.4, 0.5) is 5.69 Å². The summed E-state index contributed by atoms with van der Waals surface area (Å²) in [5, 5.41) is 10.8. The van der Waals surface area contributed by atoms with Crippen LogP contribution in [0.1, 0.15) is 6.92 Å². The van der Waals surface area contributed by atoms with E-state index in [0.717, 1.165) is 0 Å². The highest BCUT2D eigenvalue weighted by atomic mass is 32.2. The zero-order chi connectivity index (χ0) is 20.8. The number of aromatic nitrogens is 2. The van der Waals surface area contributed by atoms with Crippen molar-refractivity contribution in [1.82, 2.24) is 10.2 Å². The number of thioether (sulfide) groups is 1. The molecule has 8 nitrogen and oxygen atoms in total. The highest BCUT2D eigenvalue weighted by Gasteiger charge is 2.19. The first-order valence-electron chi connectivity index (χ1n) is 8.71.